The van der Waals surface area contributed by atoms with E-state index in [-0.39, 0.29) is 23.1 Å². The van der Waals surface area contributed by atoms with Gasteiger partial charge in [0.1, 0.15) is 22.3 Å². The van der Waals surface area contributed by atoms with Crippen molar-refractivity contribution in [1.82, 2.24) is 10.2 Å². The van der Waals surface area contributed by atoms with Crippen molar-refractivity contribution in [1.29, 1.82) is 5.26 Å². The maximum Gasteiger partial charge on any atom is 0.353 e. The van der Waals surface area contributed by atoms with Crippen LogP contribution >= 0.6 is 11.3 Å². The summed E-state index contributed by atoms with van der Waals surface area (Å²) in [5, 5.41) is 19.2. The molecule has 3 heterocycles. The van der Waals surface area contributed by atoms with Crippen LogP contribution in [0.1, 0.15) is 33.6 Å². The molecule has 37 heavy (non-hydrogen) atoms. The van der Waals surface area contributed by atoms with Gasteiger partial charge >= 0.3 is 5.97 Å². The van der Waals surface area contributed by atoms with Gasteiger partial charge in [-0.15, -0.1) is 16.4 Å². The molecule has 2 aromatic heterocycles. The molecule has 0 unspecified atom stereocenters. The molecule has 0 aliphatic carbocycles. The zero-order valence-electron chi connectivity index (χ0n) is 20.0. The van der Waals surface area contributed by atoms with Gasteiger partial charge in [-0.1, -0.05) is 12.1 Å². The molecule has 3 N–H and O–H groups in total. The van der Waals surface area contributed by atoms with E-state index in [2.05, 4.69) is 16.3 Å². The predicted molar refractivity (Wildman–Crippen MR) is 137 cm³/mol. The molecule has 0 fully saturated rings. The van der Waals surface area contributed by atoms with E-state index in [1.165, 1.54) is 11.3 Å². The summed E-state index contributed by atoms with van der Waals surface area (Å²) in [6, 6.07) is 18.3. The number of thiophene rings is 1. The van der Waals surface area contributed by atoms with Crippen molar-refractivity contribution in [2.45, 2.75) is 12.8 Å². The number of aromatic amines is 1. The number of aromatic nitrogens is 2. The molecule has 0 saturated heterocycles. The highest BCUT2D eigenvalue weighted by Gasteiger charge is 2.36. The second-order valence-corrected chi connectivity index (χ2v) is 8.92. The van der Waals surface area contributed by atoms with Crippen molar-refractivity contribution >= 4 is 17.3 Å². The van der Waals surface area contributed by atoms with E-state index in [4.69, 9.17) is 24.7 Å². The number of benzene rings is 2. The maximum atomic E-state index is 12.6. The zero-order valence-corrected chi connectivity index (χ0v) is 20.8. The topological polar surface area (TPSA) is 132 Å². The van der Waals surface area contributed by atoms with Gasteiger partial charge in [0.2, 0.25) is 11.8 Å². The fourth-order valence-corrected chi connectivity index (χ4v) is 4.76. The van der Waals surface area contributed by atoms with Gasteiger partial charge in [-0.3, -0.25) is 5.10 Å². The number of H-pyrrole nitrogens is 1. The van der Waals surface area contributed by atoms with Crippen molar-refractivity contribution < 1.29 is 23.7 Å². The SMILES string of the molecule is CCOc1cc([C@@H]2C(C#N)=C(N)Oc3n[nH]c(-c4ccc(OC)cc4)c32)ccc1OC(=O)c1cccs1. The van der Waals surface area contributed by atoms with Gasteiger partial charge < -0.3 is 24.7 Å². The van der Waals surface area contributed by atoms with E-state index in [1.807, 2.05) is 31.2 Å². The lowest BCUT2D eigenvalue weighted by Gasteiger charge is -2.25. The van der Waals surface area contributed by atoms with Gasteiger partial charge in [-0.05, 0) is 60.3 Å². The molecule has 0 spiro atoms. The third-order valence-electron chi connectivity index (χ3n) is 5.84. The number of nitrogens with two attached hydrogens (primary N) is 1. The number of nitrogens with one attached hydrogen (secondary N) is 1. The van der Waals surface area contributed by atoms with Crippen LogP contribution in [0.25, 0.3) is 11.3 Å². The third-order valence-corrected chi connectivity index (χ3v) is 6.69. The average Bonchev–Trinajstić information content (AvgIpc) is 3.60. The number of carbonyl (C=O) groups is 1. The van der Waals surface area contributed by atoms with Crippen LogP contribution in [-0.2, 0) is 0 Å². The quantitative estimate of drug-likeness (QED) is 0.261. The highest BCUT2D eigenvalue weighted by molar-refractivity contribution is 7.12. The van der Waals surface area contributed by atoms with Crippen LogP contribution in [0.15, 0.2) is 71.4 Å². The number of ether oxygens (including phenoxy) is 4. The highest BCUT2D eigenvalue weighted by Crippen LogP contribution is 2.47. The number of methoxy groups -OCH3 is 1. The first-order chi connectivity index (χ1) is 18.0. The molecule has 0 amide bonds. The lowest BCUT2D eigenvalue weighted by Crippen LogP contribution is -2.21. The second-order valence-electron chi connectivity index (χ2n) is 7.98. The van der Waals surface area contributed by atoms with Crippen molar-refractivity contribution in [3.05, 3.63) is 87.4 Å². The Morgan fingerprint density at radius 2 is 2.03 bits per heavy atom. The molecular weight excluding hydrogens is 492 g/mol. The van der Waals surface area contributed by atoms with Gasteiger partial charge in [0.15, 0.2) is 11.5 Å². The summed E-state index contributed by atoms with van der Waals surface area (Å²) in [4.78, 5) is 13.0. The lowest BCUT2D eigenvalue weighted by atomic mass is 9.83. The van der Waals surface area contributed by atoms with Crippen LogP contribution in [0.3, 0.4) is 0 Å². The summed E-state index contributed by atoms with van der Waals surface area (Å²) < 4.78 is 22.4. The number of carbonyl (C=O) groups excluding carboxylic acids is 1. The molecular formula is C27H22N4O5S. The van der Waals surface area contributed by atoms with Gasteiger partial charge in [-0.2, -0.15) is 5.26 Å². The number of esters is 1. The average molecular weight is 515 g/mol. The van der Waals surface area contributed by atoms with Gasteiger partial charge in [0, 0.05) is 5.56 Å². The Morgan fingerprint density at radius 3 is 2.70 bits per heavy atom. The van der Waals surface area contributed by atoms with E-state index >= 15 is 0 Å². The maximum absolute atomic E-state index is 12.6. The smallest absolute Gasteiger partial charge is 0.353 e. The van der Waals surface area contributed by atoms with E-state index in [1.54, 1.807) is 42.8 Å². The summed E-state index contributed by atoms with van der Waals surface area (Å²) in [5.41, 5.74) is 9.21. The Labute approximate surface area is 216 Å². The highest BCUT2D eigenvalue weighted by atomic mass is 32.1. The molecule has 0 saturated carbocycles. The molecule has 2 aromatic carbocycles. The van der Waals surface area contributed by atoms with E-state index < -0.39 is 11.9 Å². The summed E-state index contributed by atoms with van der Waals surface area (Å²) in [6.45, 7) is 2.18. The number of hydrogen-bond acceptors (Lipinski definition) is 9. The second kappa shape index (κ2) is 10.1. The minimum Gasteiger partial charge on any atom is -0.497 e. The Bertz CT molecular complexity index is 1520. The molecule has 1 aliphatic rings. The minimum absolute atomic E-state index is 0.0288. The standard InChI is InChI=1S/C27H22N4O5S/c1-3-34-20-13-16(8-11-19(20)35-27(32)21-5-4-12-37-21)22-18(14-28)25(29)36-26-23(22)24(30-31-26)15-6-9-17(33-2)10-7-15/h4-13,22H,3,29H2,1-2H3,(H,30,31)/t22-/m1/s1. The monoisotopic (exact) mass is 514 g/mol. The van der Waals surface area contributed by atoms with Gasteiger partial charge in [0.25, 0.3) is 0 Å². The van der Waals surface area contributed by atoms with Crippen LogP contribution in [0.5, 0.6) is 23.1 Å². The summed E-state index contributed by atoms with van der Waals surface area (Å²) >= 11 is 1.29. The third kappa shape index (κ3) is 4.48. The summed E-state index contributed by atoms with van der Waals surface area (Å²) in [6.07, 6.45) is 0. The van der Waals surface area contributed by atoms with Crippen molar-refractivity contribution in [2.75, 3.05) is 13.7 Å². The summed E-state index contributed by atoms with van der Waals surface area (Å²) in [7, 11) is 1.60. The first kappa shape index (κ1) is 24.0. The number of fused-ring (bicyclic) bond motifs is 1. The Morgan fingerprint density at radius 1 is 1.22 bits per heavy atom. The fourth-order valence-electron chi connectivity index (χ4n) is 4.16. The zero-order chi connectivity index (χ0) is 25.9. The van der Waals surface area contributed by atoms with Crippen molar-refractivity contribution in [3.63, 3.8) is 0 Å². The van der Waals surface area contributed by atoms with Gasteiger partial charge in [-0.25, -0.2) is 4.79 Å². The first-order valence-electron chi connectivity index (χ1n) is 11.4. The molecule has 9 nitrogen and oxygen atoms in total. The van der Waals surface area contributed by atoms with Crippen LogP contribution < -0.4 is 24.7 Å². The molecule has 10 heteroatoms. The number of rotatable bonds is 7. The van der Waals surface area contributed by atoms with Crippen molar-refractivity contribution in [3.8, 4) is 40.5 Å². The van der Waals surface area contributed by atoms with Crippen LogP contribution in [0.4, 0.5) is 0 Å². The lowest BCUT2D eigenvalue weighted by molar-refractivity contribution is 0.0733. The number of nitrogens with zero attached hydrogens (tertiary/aromatic N) is 2. The van der Waals surface area contributed by atoms with Crippen LogP contribution in [-0.4, -0.2) is 29.9 Å². The van der Waals surface area contributed by atoms with E-state index in [9.17, 15) is 10.1 Å². The van der Waals surface area contributed by atoms with Gasteiger partial charge in [0.05, 0.1) is 30.9 Å². The first-order valence-corrected chi connectivity index (χ1v) is 12.2. The molecule has 186 valence electrons. The molecule has 5 rings (SSSR count). The number of nitriles is 1. The Hall–Kier alpha value is -4.75. The Balaban J connectivity index is 1.59. The minimum atomic E-state index is -0.606. The molecule has 0 radical (unpaired) electrons. The molecule has 0 bridgehead atoms. The van der Waals surface area contributed by atoms with Crippen molar-refractivity contribution in [2.24, 2.45) is 5.73 Å². The van der Waals surface area contributed by atoms with Crippen LogP contribution in [0.2, 0.25) is 0 Å². The number of allylic oxidation sites excluding steroid dienone is 1. The summed E-state index contributed by atoms with van der Waals surface area (Å²) in [5.74, 6) is 0.511. The van der Waals surface area contributed by atoms with Crippen LogP contribution in [0, 0.1) is 11.3 Å². The molecule has 1 atom stereocenters. The molecule has 1 aliphatic heterocycles. The van der Waals surface area contributed by atoms with E-state index in [0.717, 1.165) is 5.56 Å². The fraction of sp³-hybridized carbons (Fsp3) is 0.148. The largest absolute Gasteiger partial charge is 0.497 e. The Kier molecular flexibility index (Phi) is 6.53. The predicted octanol–water partition coefficient (Wildman–Crippen LogP) is 4.98. The molecule has 4 aromatic rings. The number of hydrogen-bond donors (Lipinski definition) is 2. The van der Waals surface area contributed by atoms with E-state index in [0.29, 0.717) is 39.8 Å². The normalized spacial score (nSPS) is 14.4.